The number of alkyl halides is 1. The minimum atomic E-state index is -0.163. The van der Waals surface area contributed by atoms with E-state index in [2.05, 4.69) is 41.9 Å². The molecule has 1 nitrogen and oxygen atoms in total. The minimum absolute atomic E-state index is 0.141. The lowest BCUT2D eigenvalue weighted by Crippen LogP contribution is -2.01. The van der Waals surface area contributed by atoms with Crippen LogP contribution in [0.4, 0.5) is 0 Å². The van der Waals surface area contributed by atoms with Crippen LogP contribution in [0.5, 0.6) is 0 Å². The summed E-state index contributed by atoms with van der Waals surface area (Å²) < 4.78 is 0. The van der Waals surface area contributed by atoms with Crippen LogP contribution in [0.1, 0.15) is 42.6 Å². The van der Waals surface area contributed by atoms with Gasteiger partial charge in [-0.05, 0) is 24.0 Å². The van der Waals surface area contributed by atoms with Gasteiger partial charge in [-0.2, -0.15) is 0 Å². The lowest BCUT2D eigenvalue weighted by atomic mass is 10.0. The molecule has 1 unspecified atom stereocenters. The first-order valence-electron chi connectivity index (χ1n) is 4.76. The van der Waals surface area contributed by atoms with Crippen LogP contribution in [-0.4, -0.2) is 5.78 Å². The van der Waals surface area contributed by atoms with Gasteiger partial charge in [0, 0.05) is 0 Å². The summed E-state index contributed by atoms with van der Waals surface area (Å²) >= 11 is 3.36. The van der Waals surface area contributed by atoms with Crippen molar-refractivity contribution in [3.63, 3.8) is 0 Å². The molecule has 76 valence electrons. The average molecular weight is 255 g/mol. The number of carbonyl (C=O) groups excluding carboxylic acids is 1. The van der Waals surface area contributed by atoms with E-state index in [1.165, 1.54) is 5.56 Å². The van der Waals surface area contributed by atoms with Crippen LogP contribution in [0.25, 0.3) is 0 Å². The lowest BCUT2D eigenvalue weighted by molar-refractivity contribution is -0.116. The molecule has 0 saturated carbocycles. The Bertz CT molecular complexity index is 314. The van der Waals surface area contributed by atoms with Crippen molar-refractivity contribution in [2.75, 3.05) is 0 Å². The molecule has 0 aliphatic heterocycles. The summed E-state index contributed by atoms with van der Waals surface area (Å²) in [6.07, 6.45) is 0. The van der Waals surface area contributed by atoms with Gasteiger partial charge in [-0.15, -0.1) is 0 Å². The molecule has 1 aromatic rings. The molecule has 1 aromatic carbocycles. The molecule has 1 atom stereocenters. The van der Waals surface area contributed by atoms with Crippen LogP contribution in [0.3, 0.4) is 0 Å². The fraction of sp³-hybridized carbons (Fsp3) is 0.417. The maximum Gasteiger partial charge on any atom is 0.147 e. The number of hydrogen-bond acceptors (Lipinski definition) is 1. The highest BCUT2D eigenvalue weighted by atomic mass is 79.9. The van der Waals surface area contributed by atoms with Crippen LogP contribution in [0, 0.1) is 0 Å². The third kappa shape index (κ3) is 2.68. The molecule has 0 bridgehead atoms. The fourth-order valence-corrected chi connectivity index (χ4v) is 1.59. The molecule has 0 aromatic heterocycles. The SMILES string of the molecule is CC(=O)C(Br)c1ccc(C(C)C)cc1. The predicted octanol–water partition coefficient (Wildman–Crippen LogP) is 3.84. The van der Waals surface area contributed by atoms with Gasteiger partial charge in [0.05, 0.1) is 4.83 Å². The van der Waals surface area contributed by atoms with E-state index in [-0.39, 0.29) is 10.6 Å². The Labute approximate surface area is 93.7 Å². The number of Topliss-reactive ketones (excluding diaryl/α,β-unsaturated/α-hetero) is 1. The molecule has 14 heavy (non-hydrogen) atoms. The highest BCUT2D eigenvalue weighted by Gasteiger charge is 2.12. The van der Waals surface area contributed by atoms with Crippen molar-refractivity contribution in [1.29, 1.82) is 0 Å². The topological polar surface area (TPSA) is 17.1 Å². The van der Waals surface area contributed by atoms with E-state index >= 15 is 0 Å². The summed E-state index contributed by atoms with van der Waals surface area (Å²) in [4.78, 5) is 11.0. The maximum atomic E-state index is 11.1. The number of carbonyl (C=O) groups is 1. The van der Waals surface area contributed by atoms with Crippen molar-refractivity contribution in [3.05, 3.63) is 35.4 Å². The standard InChI is InChI=1S/C12H15BrO/c1-8(2)10-4-6-11(7-5-10)12(13)9(3)14/h4-8,12H,1-3H3. The summed E-state index contributed by atoms with van der Waals surface area (Å²) in [6, 6.07) is 8.18. The summed E-state index contributed by atoms with van der Waals surface area (Å²) in [7, 11) is 0. The Balaban J connectivity index is 2.88. The van der Waals surface area contributed by atoms with Gasteiger partial charge in [-0.1, -0.05) is 54.0 Å². The zero-order chi connectivity index (χ0) is 10.7. The number of hydrogen-bond donors (Lipinski definition) is 0. The molecule has 0 aliphatic rings. The highest BCUT2D eigenvalue weighted by molar-refractivity contribution is 9.09. The van der Waals surface area contributed by atoms with Gasteiger partial charge < -0.3 is 0 Å². The molecule has 0 heterocycles. The fourth-order valence-electron chi connectivity index (χ4n) is 1.28. The number of rotatable bonds is 3. The second-order valence-corrected chi connectivity index (χ2v) is 4.71. The normalized spacial score (nSPS) is 12.9. The molecule has 0 aliphatic carbocycles. The van der Waals surface area contributed by atoms with E-state index in [1.807, 2.05) is 12.1 Å². The lowest BCUT2D eigenvalue weighted by Gasteiger charge is -2.09. The van der Waals surface area contributed by atoms with Crippen molar-refractivity contribution in [2.24, 2.45) is 0 Å². The van der Waals surface area contributed by atoms with Crippen LogP contribution in [-0.2, 0) is 4.79 Å². The minimum Gasteiger partial charge on any atom is -0.298 e. The smallest absolute Gasteiger partial charge is 0.147 e. The molecule has 0 radical (unpaired) electrons. The molecule has 0 N–H and O–H groups in total. The first-order valence-corrected chi connectivity index (χ1v) is 5.68. The van der Waals surface area contributed by atoms with E-state index in [9.17, 15) is 4.79 Å². The van der Waals surface area contributed by atoms with Crippen molar-refractivity contribution in [3.8, 4) is 0 Å². The van der Waals surface area contributed by atoms with Gasteiger partial charge in [0.25, 0.3) is 0 Å². The van der Waals surface area contributed by atoms with E-state index in [0.29, 0.717) is 5.92 Å². The zero-order valence-corrected chi connectivity index (χ0v) is 10.3. The predicted molar refractivity (Wildman–Crippen MR) is 62.9 cm³/mol. The second kappa shape index (κ2) is 4.74. The summed E-state index contributed by atoms with van der Waals surface area (Å²) in [5.41, 5.74) is 2.33. The Morgan fingerprint density at radius 3 is 1.93 bits per heavy atom. The van der Waals surface area contributed by atoms with Crippen molar-refractivity contribution >= 4 is 21.7 Å². The second-order valence-electron chi connectivity index (χ2n) is 3.79. The van der Waals surface area contributed by atoms with Crippen LogP contribution in [0.2, 0.25) is 0 Å². The van der Waals surface area contributed by atoms with Crippen molar-refractivity contribution < 1.29 is 4.79 Å². The molecule has 0 saturated heterocycles. The summed E-state index contributed by atoms with van der Waals surface area (Å²) in [5, 5.41) is 0. The number of halogens is 1. The number of ketones is 1. The van der Waals surface area contributed by atoms with E-state index in [1.54, 1.807) is 6.92 Å². The largest absolute Gasteiger partial charge is 0.298 e. The summed E-state index contributed by atoms with van der Waals surface area (Å²) in [6.45, 7) is 5.91. The van der Waals surface area contributed by atoms with Gasteiger partial charge >= 0.3 is 0 Å². The van der Waals surface area contributed by atoms with Crippen LogP contribution < -0.4 is 0 Å². The Hall–Kier alpha value is -0.630. The molecular formula is C12H15BrO. The van der Waals surface area contributed by atoms with Crippen molar-refractivity contribution in [2.45, 2.75) is 31.5 Å². The maximum absolute atomic E-state index is 11.1. The van der Waals surface area contributed by atoms with Crippen LogP contribution >= 0.6 is 15.9 Å². The average Bonchev–Trinajstić information content (AvgIpc) is 2.16. The van der Waals surface area contributed by atoms with Gasteiger partial charge in [0.1, 0.15) is 5.78 Å². The summed E-state index contributed by atoms with van der Waals surface area (Å²) in [5.74, 6) is 0.678. The Kier molecular flexibility index (Phi) is 3.87. The van der Waals surface area contributed by atoms with Crippen LogP contribution in [0.15, 0.2) is 24.3 Å². The Morgan fingerprint density at radius 1 is 1.14 bits per heavy atom. The first-order chi connectivity index (χ1) is 6.52. The number of benzene rings is 1. The van der Waals surface area contributed by atoms with Gasteiger partial charge in [0.15, 0.2) is 0 Å². The zero-order valence-electron chi connectivity index (χ0n) is 8.75. The first kappa shape index (κ1) is 11.4. The molecule has 0 fully saturated rings. The third-order valence-corrected chi connectivity index (χ3v) is 3.43. The van der Waals surface area contributed by atoms with Gasteiger partial charge in [0.2, 0.25) is 0 Å². The molecule has 0 spiro atoms. The van der Waals surface area contributed by atoms with E-state index in [0.717, 1.165) is 5.56 Å². The molecule has 1 rings (SSSR count). The van der Waals surface area contributed by atoms with E-state index in [4.69, 9.17) is 0 Å². The quantitative estimate of drug-likeness (QED) is 0.750. The third-order valence-electron chi connectivity index (χ3n) is 2.25. The molecular weight excluding hydrogens is 240 g/mol. The van der Waals surface area contributed by atoms with E-state index < -0.39 is 0 Å². The molecule has 0 amide bonds. The van der Waals surface area contributed by atoms with Gasteiger partial charge in [-0.3, -0.25) is 4.79 Å². The van der Waals surface area contributed by atoms with Gasteiger partial charge in [-0.25, -0.2) is 0 Å². The molecule has 2 heteroatoms. The highest BCUT2D eigenvalue weighted by Crippen LogP contribution is 2.25. The monoisotopic (exact) mass is 254 g/mol. The van der Waals surface area contributed by atoms with Crippen molar-refractivity contribution in [1.82, 2.24) is 0 Å². The Morgan fingerprint density at radius 2 is 1.57 bits per heavy atom.